The van der Waals surface area contributed by atoms with Crippen LogP contribution in [0.2, 0.25) is 0 Å². The molecule has 0 aromatic heterocycles. The van der Waals surface area contributed by atoms with E-state index in [2.05, 4.69) is 11.8 Å². The van der Waals surface area contributed by atoms with Gasteiger partial charge >= 0.3 is 6.09 Å². The van der Waals surface area contributed by atoms with E-state index in [4.69, 9.17) is 4.74 Å². The van der Waals surface area contributed by atoms with Crippen molar-refractivity contribution in [3.8, 4) is 0 Å². The van der Waals surface area contributed by atoms with Gasteiger partial charge in [-0.05, 0) is 52.6 Å². The van der Waals surface area contributed by atoms with Crippen LogP contribution in [0.5, 0.6) is 0 Å². The van der Waals surface area contributed by atoms with E-state index in [9.17, 15) is 4.79 Å². The van der Waals surface area contributed by atoms with Gasteiger partial charge in [0, 0.05) is 19.1 Å². The largest absolute Gasteiger partial charge is 0.444 e. The Morgan fingerprint density at radius 3 is 2.67 bits per heavy atom. The van der Waals surface area contributed by atoms with E-state index >= 15 is 0 Å². The molecule has 0 radical (unpaired) electrons. The minimum Gasteiger partial charge on any atom is -0.444 e. The lowest BCUT2D eigenvalue weighted by atomic mass is 9.92. The molecule has 0 spiro atoms. The van der Waals surface area contributed by atoms with Gasteiger partial charge in [0.2, 0.25) is 0 Å². The summed E-state index contributed by atoms with van der Waals surface area (Å²) in [5.74, 6) is 0.645. The van der Waals surface area contributed by atoms with Crippen molar-refractivity contribution in [1.29, 1.82) is 0 Å². The maximum Gasteiger partial charge on any atom is 0.410 e. The highest BCUT2D eigenvalue weighted by Crippen LogP contribution is 2.31. The van der Waals surface area contributed by atoms with E-state index < -0.39 is 5.60 Å². The van der Waals surface area contributed by atoms with Crippen molar-refractivity contribution in [2.24, 2.45) is 5.92 Å². The number of ether oxygens (including phenoxy) is 1. The third kappa shape index (κ3) is 2.97. The smallest absolute Gasteiger partial charge is 0.410 e. The molecule has 2 heterocycles. The highest BCUT2D eigenvalue weighted by atomic mass is 16.6. The molecule has 2 fully saturated rings. The van der Waals surface area contributed by atoms with E-state index in [-0.39, 0.29) is 6.09 Å². The summed E-state index contributed by atoms with van der Waals surface area (Å²) in [6, 6.07) is 0.552. The molecule has 2 saturated heterocycles. The van der Waals surface area contributed by atoms with Crippen LogP contribution in [-0.4, -0.2) is 53.7 Å². The van der Waals surface area contributed by atoms with Crippen LogP contribution in [0, 0.1) is 5.92 Å². The maximum absolute atomic E-state index is 12.1. The number of amides is 1. The van der Waals surface area contributed by atoms with Crippen LogP contribution in [-0.2, 0) is 4.74 Å². The van der Waals surface area contributed by atoms with Crippen LogP contribution < -0.4 is 0 Å². The van der Waals surface area contributed by atoms with Gasteiger partial charge in [0.1, 0.15) is 5.60 Å². The molecule has 0 N–H and O–H groups in total. The standard InChI is InChI=1S/C14H26N2O2/c1-5-15-8-6-7-11-9-16(10-12(11)15)13(17)18-14(2,3)4/h11-12H,5-10H2,1-4H3. The van der Waals surface area contributed by atoms with Crippen molar-refractivity contribution in [2.75, 3.05) is 26.2 Å². The Balaban J connectivity index is 1.96. The molecule has 18 heavy (non-hydrogen) atoms. The van der Waals surface area contributed by atoms with Gasteiger partial charge in [-0.2, -0.15) is 0 Å². The van der Waals surface area contributed by atoms with E-state index in [1.165, 1.54) is 19.4 Å². The minimum absolute atomic E-state index is 0.145. The van der Waals surface area contributed by atoms with Crippen molar-refractivity contribution >= 4 is 6.09 Å². The number of fused-ring (bicyclic) bond motifs is 1. The Hall–Kier alpha value is -0.770. The van der Waals surface area contributed by atoms with Crippen LogP contribution in [0.4, 0.5) is 4.79 Å². The summed E-state index contributed by atoms with van der Waals surface area (Å²) < 4.78 is 5.47. The maximum atomic E-state index is 12.1. The molecule has 0 bridgehead atoms. The summed E-state index contributed by atoms with van der Waals surface area (Å²) in [4.78, 5) is 16.5. The number of carbonyl (C=O) groups is 1. The van der Waals surface area contributed by atoms with E-state index in [1.807, 2.05) is 25.7 Å². The first kappa shape index (κ1) is 13.7. The lowest BCUT2D eigenvalue weighted by Gasteiger charge is -2.35. The zero-order valence-electron chi connectivity index (χ0n) is 12.1. The summed E-state index contributed by atoms with van der Waals surface area (Å²) in [7, 11) is 0. The highest BCUT2D eigenvalue weighted by molar-refractivity contribution is 5.68. The Labute approximate surface area is 110 Å². The van der Waals surface area contributed by atoms with Crippen LogP contribution in [0.15, 0.2) is 0 Å². The van der Waals surface area contributed by atoms with Crippen molar-refractivity contribution in [2.45, 2.75) is 52.2 Å². The minimum atomic E-state index is -0.394. The molecule has 2 unspecified atom stereocenters. The van der Waals surface area contributed by atoms with Crippen LogP contribution in [0.3, 0.4) is 0 Å². The molecule has 2 atom stereocenters. The first-order valence-electron chi connectivity index (χ1n) is 7.12. The van der Waals surface area contributed by atoms with Gasteiger partial charge in [-0.15, -0.1) is 0 Å². The molecule has 1 amide bonds. The molecule has 0 aromatic rings. The third-order valence-electron chi connectivity index (χ3n) is 3.95. The SMILES string of the molecule is CCN1CCCC2CN(C(=O)OC(C)(C)C)CC21. The molecule has 4 nitrogen and oxygen atoms in total. The second kappa shape index (κ2) is 5.08. The fourth-order valence-corrected chi connectivity index (χ4v) is 3.14. The molecule has 0 saturated carbocycles. The molecule has 0 aliphatic carbocycles. The molecule has 2 rings (SSSR count). The van der Waals surface area contributed by atoms with Crippen molar-refractivity contribution < 1.29 is 9.53 Å². The number of hydrogen-bond acceptors (Lipinski definition) is 3. The van der Waals surface area contributed by atoms with E-state index in [0.717, 1.165) is 19.6 Å². The number of nitrogens with zero attached hydrogens (tertiary/aromatic N) is 2. The summed E-state index contributed by atoms with van der Waals surface area (Å²) in [6.45, 7) is 12.0. The Morgan fingerprint density at radius 1 is 1.33 bits per heavy atom. The van der Waals surface area contributed by atoms with Gasteiger partial charge < -0.3 is 9.64 Å². The summed E-state index contributed by atoms with van der Waals surface area (Å²) >= 11 is 0. The van der Waals surface area contributed by atoms with Gasteiger partial charge in [-0.1, -0.05) is 6.92 Å². The quantitative estimate of drug-likeness (QED) is 0.720. The zero-order valence-corrected chi connectivity index (χ0v) is 12.1. The molecular weight excluding hydrogens is 228 g/mol. The summed E-state index contributed by atoms with van der Waals surface area (Å²) in [5, 5.41) is 0. The number of likely N-dealkylation sites (tertiary alicyclic amines) is 2. The average Bonchev–Trinajstić information content (AvgIpc) is 2.70. The fraction of sp³-hybridized carbons (Fsp3) is 0.929. The lowest BCUT2D eigenvalue weighted by molar-refractivity contribution is 0.0280. The predicted octanol–water partition coefficient (Wildman–Crippen LogP) is 2.34. The summed E-state index contributed by atoms with van der Waals surface area (Å²) in [6.07, 6.45) is 2.37. The second-order valence-electron chi connectivity index (χ2n) is 6.48. The molecular formula is C14H26N2O2. The fourth-order valence-electron chi connectivity index (χ4n) is 3.14. The third-order valence-corrected chi connectivity index (χ3v) is 3.95. The van der Waals surface area contributed by atoms with Gasteiger partial charge in [-0.3, -0.25) is 4.90 Å². The number of piperidine rings is 1. The number of likely N-dealkylation sites (N-methyl/N-ethyl adjacent to an activating group) is 1. The van der Waals surface area contributed by atoms with E-state index in [0.29, 0.717) is 12.0 Å². The number of carbonyl (C=O) groups excluding carboxylic acids is 1. The van der Waals surface area contributed by atoms with Crippen LogP contribution in [0.25, 0.3) is 0 Å². The Bertz CT molecular complexity index is 311. The topological polar surface area (TPSA) is 32.8 Å². The molecule has 2 aliphatic heterocycles. The van der Waals surface area contributed by atoms with Crippen LogP contribution >= 0.6 is 0 Å². The Kier molecular flexibility index (Phi) is 3.85. The monoisotopic (exact) mass is 254 g/mol. The van der Waals surface area contributed by atoms with E-state index in [1.54, 1.807) is 0 Å². The molecule has 4 heteroatoms. The highest BCUT2D eigenvalue weighted by Gasteiger charge is 2.41. The van der Waals surface area contributed by atoms with Crippen molar-refractivity contribution in [3.63, 3.8) is 0 Å². The lowest BCUT2D eigenvalue weighted by Crippen LogP contribution is -2.45. The predicted molar refractivity (Wildman–Crippen MR) is 71.6 cm³/mol. The van der Waals surface area contributed by atoms with Gasteiger partial charge in [0.25, 0.3) is 0 Å². The number of rotatable bonds is 1. The molecule has 2 aliphatic rings. The average molecular weight is 254 g/mol. The number of hydrogen-bond donors (Lipinski definition) is 0. The first-order valence-corrected chi connectivity index (χ1v) is 7.12. The summed E-state index contributed by atoms with van der Waals surface area (Å²) in [5.41, 5.74) is -0.394. The van der Waals surface area contributed by atoms with Gasteiger partial charge in [0.05, 0.1) is 0 Å². The zero-order chi connectivity index (χ0) is 13.3. The van der Waals surface area contributed by atoms with Gasteiger partial charge in [-0.25, -0.2) is 4.79 Å². The first-order chi connectivity index (χ1) is 8.40. The van der Waals surface area contributed by atoms with Crippen LogP contribution in [0.1, 0.15) is 40.5 Å². The molecule has 104 valence electrons. The second-order valence-corrected chi connectivity index (χ2v) is 6.48. The van der Waals surface area contributed by atoms with Crippen molar-refractivity contribution in [3.05, 3.63) is 0 Å². The normalized spacial score (nSPS) is 29.2. The Morgan fingerprint density at radius 2 is 2.06 bits per heavy atom. The van der Waals surface area contributed by atoms with Crippen molar-refractivity contribution in [1.82, 2.24) is 9.80 Å². The molecule has 0 aromatic carbocycles. The van der Waals surface area contributed by atoms with Gasteiger partial charge in [0.15, 0.2) is 0 Å².